The molecule has 27 heavy (non-hydrogen) atoms. The Balaban J connectivity index is 1.49. The van der Waals surface area contributed by atoms with E-state index in [9.17, 15) is 4.79 Å². The van der Waals surface area contributed by atoms with Crippen molar-refractivity contribution in [3.05, 3.63) is 88.9 Å². The van der Waals surface area contributed by atoms with Crippen molar-refractivity contribution < 1.29 is 14.3 Å². The number of ether oxygens (including phenoxy) is 2. The van der Waals surface area contributed by atoms with Gasteiger partial charge in [-0.3, -0.25) is 4.79 Å². The van der Waals surface area contributed by atoms with Crippen molar-refractivity contribution in [2.24, 2.45) is 0 Å². The van der Waals surface area contributed by atoms with Crippen molar-refractivity contribution in [3.8, 4) is 11.5 Å². The fourth-order valence-electron chi connectivity index (χ4n) is 2.41. The van der Waals surface area contributed by atoms with E-state index in [0.29, 0.717) is 35.2 Å². The number of halogens is 1. The molecule has 0 bridgehead atoms. The van der Waals surface area contributed by atoms with Crippen LogP contribution in [-0.4, -0.2) is 19.1 Å². The summed E-state index contributed by atoms with van der Waals surface area (Å²) in [6.07, 6.45) is 0. The first-order valence-corrected chi connectivity index (χ1v) is 8.98. The van der Waals surface area contributed by atoms with Crippen LogP contribution in [0.4, 0.5) is 5.69 Å². The molecule has 0 spiro atoms. The molecule has 138 valence electrons. The van der Waals surface area contributed by atoms with Crippen molar-refractivity contribution in [1.82, 2.24) is 0 Å². The number of hydrogen-bond acceptors (Lipinski definition) is 3. The second-order valence-corrected chi connectivity index (χ2v) is 6.36. The van der Waals surface area contributed by atoms with Gasteiger partial charge in [0.2, 0.25) is 0 Å². The lowest BCUT2D eigenvalue weighted by atomic mass is 10.2. The molecule has 0 aromatic heterocycles. The molecule has 0 atom stereocenters. The highest BCUT2D eigenvalue weighted by atomic mass is 35.5. The number of para-hydroxylation sites is 1. The van der Waals surface area contributed by atoms with Gasteiger partial charge in [-0.15, -0.1) is 0 Å². The summed E-state index contributed by atoms with van der Waals surface area (Å²) in [5, 5.41) is 3.45. The summed E-state index contributed by atoms with van der Waals surface area (Å²) in [5.41, 5.74) is 2.17. The quantitative estimate of drug-likeness (QED) is 0.560. The van der Waals surface area contributed by atoms with Crippen LogP contribution < -0.4 is 14.8 Å². The van der Waals surface area contributed by atoms with E-state index >= 15 is 0 Å². The molecule has 3 aromatic rings. The summed E-state index contributed by atoms with van der Waals surface area (Å²) < 4.78 is 11.2. The highest BCUT2D eigenvalue weighted by Gasteiger charge is 2.07. The van der Waals surface area contributed by atoms with E-state index in [2.05, 4.69) is 5.32 Å². The minimum Gasteiger partial charge on any atom is -0.490 e. The van der Waals surface area contributed by atoms with Crippen molar-refractivity contribution in [2.45, 2.75) is 6.92 Å². The maximum absolute atomic E-state index is 12.3. The van der Waals surface area contributed by atoms with Gasteiger partial charge in [-0.25, -0.2) is 0 Å². The first-order valence-electron chi connectivity index (χ1n) is 8.60. The van der Waals surface area contributed by atoms with Gasteiger partial charge in [0.15, 0.2) is 0 Å². The Hall–Kier alpha value is -2.98. The third kappa shape index (κ3) is 5.50. The molecule has 0 unspecified atom stereocenters. The normalized spacial score (nSPS) is 10.3. The summed E-state index contributed by atoms with van der Waals surface area (Å²) in [6, 6.07) is 22.0. The predicted octanol–water partition coefficient (Wildman–Crippen LogP) is 5.36. The maximum atomic E-state index is 12.3. The molecule has 3 aromatic carbocycles. The SMILES string of the molecule is Cc1ccc(NC(=O)c2ccc(OCCOc3ccccc3)cc2)cc1Cl. The van der Waals surface area contributed by atoms with Crippen molar-refractivity contribution in [2.75, 3.05) is 18.5 Å². The Morgan fingerprint density at radius 2 is 1.52 bits per heavy atom. The second-order valence-electron chi connectivity index (χ2n) is 5.95. The van der Waals surface area contributed by atoms with E-state index < -0.39 is 0 Å². The number of carbonyl (C=O) groups excluding carboxylic acids is 1. The first-order chi connectivity index (χ1) is 13.1. The third-order valence-corrected chi connectivity index (χ3v) is 4.32. The molecule has 1 amide bonds. The zero-order valence-electron chi connectivity index (χ0n) is 14.9. The second kappa shape index (κ2) is 9.10. The lowest BCUT2D eigenvalue weighted by Crippen LogP contribution is -2.12. The lowest BCUT2D eigenvalue weighted by Gasteiger charge is -2.10. The van der Waals surface area contributed by atoms with Gasteiger partial charge < -0.3 is 14.8 Å². The van der Waals surface area contributed by atoms with E-state index in [1.165, 1.54) is 0 Å². The summed E-state index contributed by atoms with van der Waals surface area (Å²) in [5.74, 6) is 1.29. The molecular formula is C22H20ClNO3. The standard InChI is InChI=1S/C22H20ClNO3/c1-16-7-10-18(15-21(16)23)24-22(25)17-8-11-20(12-9-17)27-14-13-26-19-5-3-2-4-6-19/h2-12,15H,13-14H2,1H3,(H,24,25). The molecular weight excluding hydrogens is 362 g/mol. The van der Waals surface area contributed by atoms with E-state index in [0.717, 1.165) is 11.3 Å². The Kier molecular flexibility index (Phi) is 6.34. The molecule has 0 aliphatic rings. The number of anilines is 1. The molecule has 0 saturated carbocycles. The minimum atomic E-state index is -0.200. The van der Waals surface area contributed by atoms with Gasteiger partial charge in [0.05, 0.1) is 0 Å². The maximum Gasteiger partial charge on any atom is 0.255 e. The monoisotopic (exact) mass is 381 g/mol. The van der Waals surface area contributed by atoms with Gasteiger partial charge in [0, 0.05) is 16.3 Å². The molecule has 0 saturated heterocycles. The number of hydrogen-bond donors (Lipinski definition) is 1. The number of nitrogens with one attached hydrogen (secondary N) is 1. The van der Waals surface area contributed by atoms with Gasteiger partial charge in [0.25, 0.3) is 5.91 Å². The molecule has 0 radical (unpaired) electrons. The largest absolute Gasteiger partial charge is 0.490 e. The van der Waals surface area contributed by atoms with Crippen LogP contribution in [0.25, 0.3) is 0 Å². The van der Waals surface area contributed by atoms with Gasteiger partial charge >= 0.3 is 0 Å². The van der Waals surface area contributed by atoms with Crippen LogP contribution in [-0.2, 0) is 0 Å². The number of carbonyl (C=O) groups is 1. The van der Waals surface area contributed by atoms with Gasteiger partial charge in [0.1, 0.15) is 24.7 Å². The average Bonchev–Trinajstić information content (AvgIpc) is 2.69. The van der Waals surface area contributed by atoms with Gasteiger partial charge in [-0.1, -0.05) is 35.9 Å². The lowest BCUT2D eigenvalue weighted by molar-refractivity contribution is 0.102. The predicted molar refractivity (Wildman–Crippen MR) is 108 cm³/mol. The van der Waals surface area contributed by atoms with Crippen molar-refractivity contribution in [1.29, 1.82) is 0 Å². The Morgan fingerprint density at radius 1 is 0.889 bits per heavy atom. The van der Waals surface area contributed by atoms with E-state index in [1.807, 2.05) is 49.4 Å². The van der Waals surface area contributed by atoms with Crippen LogP contribution in [0.15, 0.2) is 72.8 Å². The van der Waals surface area contributed by atoms with E-state index in [-0.39, 0.29) is 5.91 Å². The fraction of sp³-hybridized carbons (Fsp3) is 0.136. The molecule has 4 nitrogen and oxygen atoms in total. The van der Waals surface area contributed by atoms with Crippen molar-refractivity contribution in [3.63, 3.8) is 0 Å². The zero-order chi connectivity index (χ0) is 19.1. The highest BCUT2D eigenvalue weighted by Crippen LogP contribution is 2.21. The topological polar surface area (TPSA) is 47.6 Å². The number of aryl methyl sites for hydroxylation is 1. The highest BCUT2D eigenvalue weighted by molar-refractivity contribution is 6.31. The minimum absolute atomic E-state index is 0.200. The average molecular weight is 382 g/mol. The van der Waals surface area contributed by atoms with Crippen LogP contribution in [0.5, 0.6) is 11.5 Å². The van der Waals surface area contributed by atoms with Crippen LogP contribution in [0.3, 0.4) is 0 Å². The molecule has 0 aliphatic heterocycles. The van der Waals surface area contributed by atoms with E-state index in [4.69, 9.17) is 21.1 Å². The fourth-order valence-corrected chi connectivity index (χ4v) is 2.59. The Bertz CT molecular complexity index is 895. The number of rotatable bonds is 7. The van der Waals surface area contributed by atoms with Crippen LogP contribution >= 0.6 is 11.6 Å². The molecule has 1 N–H and O–H groups in total. The third-order valence-electron chi connectivity index (χ3n) is 3.91. The molecule has 0 heterocycles. The van der Waals surface area contributed by atoms with Crippen LogP contribution in [0.2, 0.25) is 5.02 Å². The van der Waals surface area contributed by atoms with Crippen LogP contribution in [0.1, 0.15) is 15.9 Å². The first kappa shape index (κ1) is 18.8. The van der Waals surface area contributed by atoms with E-state index in [1.54, 1.807) is 30.3 Å². The molecule has 0 fully saturated rings. The number of amides is 1. The van der Waals surface area contributed by atoms with Crippen molar-refractivity contribution >= 4 is 23.2 Å². The zero-order valence-corrected chi connectivity index (χ0v) is 15.7. The summed E-state index contributed by atoms with van der Waals surface area (Å²) in [4.78, 5) is 12.3. The molecule has 0 aliphatic carbocycles. The molecule has 5 heteroatoms. The summed E-state index contributed by atoms with van der Waals surface area (Å²) in [6.45, 7) is 2.78. The van der Waals surface area contributed by atoms with Crippen LogP contribution in [0, 0.1) is 6.92 Å². The van der Waals surface area contributed by atoms with Gasteiger partial charge in [-0.05, 0) is 61.0 Å². The summed E-state index contributed by atoms with van der Waals surface area (Å²) in [7, 11) is 0. The Morgan fingerprint density at radius 3 is 2.15 bits per heavy atom. The molecule has 3 rings (SSSR count). The smallest absolute Gasteiger partial charge is 0.255 e. The number of benzene rings is 3. The summed E-state index contributed by atoms with van der Waals surface area (Å²) >= 11 is 6.09. The Labute approximate surface area is 163 Å². The van der Waals surface area contributed by atoms with Gasteiger partial charge in [-0.2, -0.15) is 0 Å².